The molecule has 0 spiro atoms. The van der Waals surface area contributed by atoms with E-state index in [1.54, 1.807) is 48.5 Å². The quantitative estimate of drug-likeness (QED) is 0.273. The van der Waals surface area contributed by atoms with Crippen LogP contribution in [0.5, 0.6) is 0 Å². The molecular formula is C27H25ClN6O5. The zero-order valence-corrected chi connectivity index (χ0v) is 21.6. The third-order valence-corrected chi connectivity index (χ3v) is 6.50. The van der Waals surface area contributed by atoms with Crippen molar-refractivity contribution in [1.82, 2.24) is 19.7 Å². The van der Waals surface area contributed by atoms with Gasteiger partial charge in [-0.1, -0.05) is 23.7 Å². The molecule has 3 aromatic heterocycles. The van der Waals surface area contributed by atoms with E-state index in [1.165, 1.54) is 15.8 Å². The number of carbonyl (C=O) groups is 4. The number of nitrogens with one attached hydrogen (secondary N) is 1. The molecule has 4 aromatic rings. The van der Waals surface area contributed by atoms with Crippen LogP contribution in [0.2, 0.25) is 5.15 Å². The van der Waals surface area contributed by atoms with Crippen LogP contribution in [0.1, 0.15) is 34.7 Å². The molecule has 200 valence electrons. The summed E-state index contributed by atoms with van der Waals surface area (Å²) in [5, 5.41) is 7.64. The van der Waals surface area contributed by atoms with E-state index in [9.17, 15) is 19.2 Å². The highest BCUT2D eigenvalue weighted by molar-refractivity contribution is 6.29. The number of pyridine rings is 1. The molecule has 0 bridgehead atoms. The maximum Gasteiger partial charge on any atom is 0.269 e. The molecule has 11 nitrogen and oxygen atoms in total. The van der Waals surface area contributed by atoms with Crippen molar-refractivity contribution >= 4 is 51.8 Å². The van der Waals surface area contributed by atoms with Gasteiger partial charge in [0.2, 0.25) is 11.8 Å². The van der Waals surface area contributed by atoms with E-state index in [0.717, 1.165) is 12.8 Å². The SMILES string of the molecule is NC(=O)c1nn(CC(=O)N(CC(=O)Nc2cccc(Cl)n2)C2CC2)c2ccc(CC(=O)Cc3ccco3)cc12. The largest absolute Gasteiger partial charge is 0.469 e. The summed E-state index contributed by atoms with van der Waals surface area (Å²) in [6.07, 6.45) is 3.37. The van der Waals surface area contributed by atoms with Gasteiger partial charge in [-0.3, -0.25) is 23.9 Å². The maximum absolute atomic E-state index is 13.3. The Kier molecular flexibility index (Phi) is 7.42. The Labute approximate surface area is 227 Å². The molecule has 1 saturated carbocycles. The minimum atomic E-state index is -0.752. The molecule has 0 unspecified atom stereocenters. The Morgan fingerprint density at radius 1 is 1.10 bits per heavy atom. The van der Waals surface area contributed by atoms with Crippen LogP contribution in [0.25, 0.3) is 10.9 Å². The molecule has 1 aliphatic rings. The van der Waals surface area contributed by atoms with Gasteiger partial charge in [0.1, 0.15) is 35.6 Å². The monoisotopic (exact) mass is 548 g/mol. The van der Waals surface area contributed by atoms with Gasteiger partial charge in [0.25, 0.3) is 5.91 Å². The van der Waals surface area contributed by atoms with Crippen molar-refractivity contribution in [1.29, 1.82) is 0 Å². The van der Waals surface area contributed by atoms with Gasteiger partial charge in [-0.2, -0.15) is 5.10 Å². The number of primary amides is 1. The van der Waals surface area contributed by atoms with Crippen molar-refractivity contribution < 1.29 is 23.6 Å². The lowest BCUT2D eigenvalue weighted by Gasteiger charge is -2.22. The lowest BCUT2D eigenvalue weighted by molar-refractivity contribution is -0.135. The Morgan fingerprint density at radius 2 is 1.92 bits per heavy atom. The van der Waals surface area contributed by atoms with Crippen molar-refractivity contribution in [2.45, 2.75) is 38.3 Å². The number of carbonyl (C=O) groups excluding carboxylic acids is 4. The fourth-order valence-electron chi connectivity index (χ4n) is 4.38. The van der Waals surface area contributed by atoms with E-state index < -0.39 is 11.8 Å². The van der Waals surface area contributed by atoms with Crippen LogP contribution < -0.4 is 11.1 Å². The van der Waals surface area contributed by atoms with Crippen LogP contribution in [0.15, 0.2) is 59.2 Å². The highest BCUT2D eigenvalue weighted by Crippen LogP contribution is 2.28. The zero-order chi connectivity index (χ0) is 27.5. The summed E-state index contributed by atoms with van der Waals surface area (Å²) in [4.78, 5) is 56.1. The molecule has 1 fully saturated rings. The number of anilines is 1. The number of Topliss-reactive ketones (excluding diaryl/α,β-unsaturated/α-hetero) is 1. The van der Waals surface area contributed by atoms with Crippen molar-refractivity contribution in [3.05, 3.63) is 77.0 Å². The molecular weight excluding hydrogens is 524 g/mol. The molecule has 0 aliphatic heterocycles. The van der Waals surface area contributed by atoms with Gasteiger partial charge >= 0.3 is 0 Å². The number of amides is 3. The summed E-state index contributed by atoms with van der Waals surface area (Å²) >= 11 is 5.88. The third kappa shape index (κ3) is 6.32. The van der Waals surface area contributed by atoms with E-state index in [4.69, 9.17) is 21.8 Å². The Hall–Kier alpha value is -4.51. The summed E-state index contributed by atoms with van der Waals surface area (Å²) in [5.41, 5.74) is 6.77. The number of ketones is 1. The first-order valence-electron chi connectivity index (χ1n) is 12.3. The minimum absolute atomic E-state index is 0.000814. The van der Waals surface area contributed by atoms with Gasteiger partial charge < -0.3 is 20.4 Å². The van der Waals surface area contributed by atoms with Crippen LogP contribution in [-0.4, -0.2) is 55.8 Å². The highest BCUT2D eigenvalue weighted by Gasteiger charge is 2.34. The predicted molar refractivity (Wildman–Crippen MR) is 142 cm³/mol. The van der Waals surface area contributed by atoms with Crippen molar-refractivity contribution in [3.63, 3.8) is 0 Å². The second-order valence-electron chi connectivity index (χ2n) is 9.34. The number of aromatic nitrogens is 3. The smallest absolute Gasteiger partial charge is 0.269 e. The van der Waals surface area contributed by atoms with Crippen molar-refractivity contribution in [3.8, 4) is 0 Å². The molecule has 39 heavy (non-hydrogen) atoms. The Morgan fingerprint density at radius 3 is 2.62 bits per heavy atom. The number of nitrogens with zero attached hydrogens (tertiary/aromatic N) is 4. The summed E-state index contributed by atoms with van der Waals surface area (Å²) in [7, 11) is 0. The Balaban J connectivity index is 1.31. The van der Waals surface area contributed by atoms with Gasteiger partial charge in [0.05, 0.1) is 18.2 Å². The summed E-state index contributed by atoms with van der Waals surface area (Å²) in [5.74, 6) is -0.681. The number of benzene rings is 1. The topological polar surface area (TPSA) is 153 Å². The summed E-state index contributed by atoms with van der Waals surface area (Å²) < 4.78 is 6.64. The highest BCUT2D eigenvalue weighted by atomic mass is 35.5. The normalized spacial score (nSPS) is 12.8. The average Bonchev–Trinajstić information content (AvgIpc) is 3.48. The fourth-order valence-corrected chi connectivity index (χ4v) is 4.54. The van der Waals surface area contributed by atoms with E-state index in [0.29, 0.717) is 28.0 Å². The molecule has 5 rings (SSSR count). The first kappa shape index (κ1) is 26.1. The third-order valence-electron chi connectivity index (χ3n) is 6.29. The van der Waals surface area contributed by atoms with Crippen LogP contribution in [-0.2, 0) is 33.8 Å². The van der Waals surface area contributed by atoms with E-state index in [2.05, 4.69) is 15.4 Å². The minimum Gasteiger partial charge on any atom is -0.469 e. The predicted octanol–water partition coefficient (Wildman–Crippen LogP) is 2.76. The maximum atomic E-state index is 13.3. The standard InChI is InChI=1S/C27H25ClN6O5/c28-22-4-1-5-23(30-22)31-24(36)14-33(17-7-8-17)25(37)15-34-21-9-6-16(12-20(21)26(32-34)27(29)38)11-18(35)13-19-3-2-10-39-19/h1-6,9-10,12,17H,7-8,11,13-15H2,(H2,29,38)(H,30,31,36). The fraction of sp³-hybridized carbons (Fsp3) is 0.259. The second-order valence-corrected chi connectivity index (χ2v) is 9.73. The second kappa shape index (κ2) is 11.1. The van der Waals surface area contributed by atoms with E-state index in [1.807, 2.05) is 0 Å². The number of nitrogens with two attached hydrogens (primary N) is 1. The molecule has 12 heteroatoms. The van der Waals surface area contributed by atoms with Gasteiger partial charge in [-0.25, -0.2) is 4.98 Å². The van der Waals surface area contributed by atoms with Crippen molar-refractivity contribution in [2.24, 2.45) is 5.73 Å². The molecule has 0 atom stereocenters. The van der Waals surface area contributed by atoms with Crippen LogP contribution in [0.4, 0.5) is 5.82 Å². The van der Waals surface area contributed by atoms with Gasteiger partial charge in [-0.05, 0) is 54.8 Å². The Bertz CT molecular complexity index is 1560. The molecule has 0 saturated heterocycles. The van der Waals surface area contributed by atoms with E-state index in [-0.39, 0.29) is 54.5 Å². The lowest BCUT2D eigenvalue weighted by atomic mass is 10.0. The van der Waals surface area contributed by atoms with Crippen molar-refractivity contribution in [2.75, 3.05) is 11.9 Å². The molecule has 1 aliphatic carbocycles. The van der Waals surface area contributed by atoms with Gasteiger partial charge in [0.15, 0.2) is 5.69 Å². The number of rotatable bonds is 11. The number of halogens is 1. The van der Waals surface area contributed by atoms with Gasteiger partial charge in [-0.15, -0.1) is 0 Å². The lowest BCUT2D eigenvalue weighted by Crippen LogP contribution is -2.41. The zero-order valence-electron chi connectivity index (χ0n) is 20.8. The summed E-state index contributed by atoms with van der Waals surface area (Å²) in [6.45, 7) is -0.360. The van der Waals surface area contributed by atoms with E-state index >= 15 is 0 Å². The number of fused-ring (bicyclic) bond motifs is 1. The van der Waals surface area contributed by atoms with Crippen LogP contribution in [0, 0.1) is 0 Å². The molecule has 1 aromatic carbocycles. The molecule has 3 N–H and O–H groups in total. The van der Waals surface area contributed by atoms with Crippen LogP contribution in [0.3, 0.4) is 0 Å². The first-order chi connectivity index (χ1) is 18.8. The molecule has 0 radical (unpaired) electrons. The number of hydrogen-bond donors (Lipinski definition) is 2. The molecule has 3 heterocycles. The first-order valence-corrected chi connectivity index (χ1v) is 12.7. The molecule has 3 amide bonds. The number of furan rings is 1. The average molecular weight is 549 g/mol. The van der Waals surface area contributed by atoms with Crippen LogP contribution >= 0.6 is 11.6 Å². The number of hydrogen-bond acceptors (Lipinski definition) is 7. The van der Waals surface area contributed by atoms with Gasteiger partial charge in [0, 0.05) is 17.8 Å². The summed E-state index contributed by atoms with van der Waals surface area (Å²) in [6, 6.07) is 13.4.